The van der Waals surface area contributed by atoms with Gasteiger partial charge >= 0.3 is 0 Å². The maximum Gasteiger partial charge on any atom is 0.225 e. The van der Waals surface area contributed by atoms with Crippen LogP contribution in [-0.4, -0.2) is 47.2 Å². The molecule has 0 aromatic rings. The number of hydrogen-bond donors (Lipinski definition) is 0. The van der Waals surface area contributed by atoms with Crippen molar-refractivity contribution in [2.75, 3.05) is 27.2 Å². The Morgan fingerprint density at radius 2 is 1.00 bits per heavy atom. The summed E-state index contributed by atoms with van der Waals surface area (Å²) in [5.41, 5.74) is 0.788. The van der Waals surface area contributed by atoms with Gasteiger partial charge in [0.25, 0.3) is 0 Å². The molecule has 0 aliphatic rings. The van der Waals surface area contributed by atoms with E-state index in [2.05, 4.69) is 34.9 Å². The molecule has 0 amide bonds. The van der Waals surface area contributed by atoms with Crippen molar-refractivity contribution in [3.05, 3.63) is 0 Å². The van der Waals surface area contributed by atoms with Crippen LogP contribution in [0.2, 0.25) is 0 Å². The van der Waals surface area contributed by atoms with Crippen LogP contribution >= 0.6 is 0 Å². The maximum absolute atomic E-state index is 5.83. The van der Waals surface area contributed by atoms with Gasteiger partial charge in [-0.3, -0.25) is 0 Å². The molecule has 2 nitrogen and oxygen atoms in total. The average Bonchev–Trinajstić information content (AvgIpc) is 2.68. The number of nitrogens with zero attached hydrogens (tertiary/aromatic N) is 1. The van der Waals surface area contributed by atoms with Crippen LogP contribution in [0.15, 0.2) is 0 Å². The van der Waals surface area contributed by atoms with Crippen LogP contribution in [-0.2, 0) is 4.43 Å². The highest BCUT2D eigenvalue weighted by atomic mass is 28.2. The summed E-state index contributed by atoms with van der Waals surface area (Å²) in [5.74, 6) is 0. The molecule has 0 aliphatic carbocycles. The van der Waals surface area contributed by atoms with Gasteiger partial charge in [-0.05, 0) is 26.2 Å². The van der Waals surface area contributed by atoms with Gasteiger partial charge in [-0.1, -0.05) is 104 Å². The third-order valence-electron chi connectivity index (χ3n) is 6.56. The van der Waals surface area contributed by atoms with Crippen LogP contribution in [0.1, 0.15) is 130 Å². The maximum atomic E-state index is 5.83. The molecule has 0 aliphatic heterocycles. The van der Waals surface area contributed by atoms with Crippen molar-refractivity contribution < 1.29 is 8.91 Å². The Morgan fingerprint density at radius 3 is 1.36 bits per heavy atom. The fourth-order valence-corrected chi connectivity index (χ4v) is 5.65. The molecule has 0 spiro atoms. The summed E-state index contributed by atoms with van der Waals surface area (Å²) < 4.78 is 7.01. The molecule has 28 heavy (non-hydrogen) atoms. The molecule has 0 saturated carbocycles. The van der Waals surface area contributed by atoms with E-state index in [0.29, 0.717) is 0 Å². The number of rotatable bonds is 22. The highest BCUT2D eigenvalue weighted by molar-refractivity contribution is 6.28. The van der Waals surface area contributed by atoms with Crippen molar-refractivity contribution in [2.45, 2.75) is 136 Å². The molecule has 170 valence electrons. The van der Waals surface area contributed by atoms with Crippen LogP contribution in [0.5, 0.6) is 0 Å². The van der Waals surface area contributed by atoms with Crippen molar-refractivity contribution in [3.63, 3.8) is 0 Å². The Morgan fingerprint density at radius 1 is 0.607 bits per heavy atom. The summed E-state index contributed by atoms with van der Waals surface area (Å²) >= 11 is 0. The van der Waals surface area contributed by atoms with Crippen molar-refractivity contribution in [2.24, 2.45) is 0 Å². The third kappa shape index (κ3) is 17.0. The molecule has 1 atom stereocenters. The second kappa shape index (κ2) is 20.4. The fraction of sp³-hybridized carbons (Fsp3) is 1.00. The van der Waals surface area contributed by atoms with Crippen molar-refractivity contribution in [3.8, 4) is 0 Å². The minimum absolute atomic E-state index is 0.374. The van der Waals surface area contributed by atoms with Crippen LogP contribution in [0.4, 0.5) is 0 Å². The zero-order valence-electron chi connectivity index (χ0n) is 20.6. The third-order valence-corrected chi connectivity index (χ3v) is 9.16. The van der Waals surface area contributed by atoms with E-state index in [4.69, 9.17) is 4.43 Å². The highest BCUT2D eigenvalue weighted by Crippen LogP contribution is 2.16. The molecule has 0 bridgehead atoms. The standard InChI is InChI=1S/C25H56NOSi/c1-6-9-10-11-12-13-14-15-16-17-18-19-20-21-22-23-24-26(4,5)25(7-2)28-27-8-3/h25H,6-24,28H2,1-5H3/q+1. The van der Waals surface area contributed by atoms with E-state index < -0.39 is 0 Å². The molecule has 0 rings (SSSR count). The lowest BCUT2D eigenvalue weighted by molar-refractivity contribution is -0.903. The first-order valence-corrected chi connectivity index (χ1v) is 14.4. The Hall–Kier alpha value is 0.137. The van der Waals surface area contributed by atoms with E-state index in [-0.39, 0.29) is 9.76 Å². The van der Waals surface area contributed by atoms with Crippen LogP contribution in [0.3, 0.4) is 0 Å². The van der Waals surface area contributed by atoms with Gasteiger partial charge in [0.05, 0.1) is 26.3 Å². The lowest BCUT2D eigenvalue weighted by atomic mass is 10.0. The molecule has 0 aromatic heterocycles. The average molecular weight is 415 g/mol. The number of hydrogen-bond acceptors (Lipinski definition) is 1. The van der Waals surface area contributed by atoms with E-state index in [1.54, 1.807) is 0 Å². The lowest BCUT2D eigenvalue weighted by Gasteiger charge is -2.37. The first-order chi connectivity index (χ1) is 13.6. The lowest BCUT2D eigenvalue weighted by Crippen LogP contribution is -2.52. The van der Waals surface area contributed by atoms with Gasteiger partial charge in [0.1, 0.15) is 0 Å². The van der Waals surface area contributed by atoms with Crippen molar-refractivity contribution >= 4 is 9.76 Å². The predicted molar refractivity (Wildman–Crippen MR) is 131 cm³/mol. The monoisotopic (exact) mass is 414 g/mol. The highest BCUT2D eigenvalue weighted by Gasteiger charge is 2.26. The molecule has 0 aromatic carbocycles. The molecule has 0 heterocycles. The molecule has 1 unspecified atom stereocenters. The van der Waals surface area contributed by atoms with Crippen LogP contribution in [0, 0.1) is 0 Å². The Labute approximate surface area is 181 Å². The van der Waals surface area contributed by atoms with Crippen molar-refractivity contribution in [1.29, 1.82) is 0 Å². The molecule has 3 heteroatoms. The SMILES string of the molecule is CCCCCCCCCCCCCCCCCC[N+](C)(C)C(CC)[SiH2]OCC. The molecule has 0 fully saturated rings. The number of quaternary nitrogens is 1. The Balaban J connectivity index is 3.39. The van der Waals surface area contributed by atoms with Gasteiger partial charge in [-0.2, -0.15) is 0 Å². The predicted octanol–water partition coefficient (Wildman–Crippen LogP) is 7.18. The Bertz CT molecular complexity index is 309. The minimum atomic E-state index is -0.374. The van der Waals surface area contributed by atoms with Crippen LogP contribution in [0.25, 0.3) is 0 Å². The van der Waals surface area contributed by atoms with Crippen molar-refractivity contribution in [1.82, 2.24) is 0 Å². The van der Waals surface area contributed by atoms with Crippen LogP contribution < -0.4 is 0 Å². The molecule has 0 N–H and O–H groups in total. The summed E-state index contributed by atoms with van der Waals surface area (Å²) in [6.45, 7) is 9.01. The minimum Gasteiger partial charge on any atom is -0.417 e. The van der Waals surface area contributed by atoms with Gasteiger partial charge in [-0.25, -0.2) is 0 Å². The largest absolute Gasteiger partial charge is 0.417 e. The van der Waals surface area contributed by atoms with Gasteiger partial charge in [0.15, 0.2) is 0 Å². The molecule has 0 radical (unpaired) electrons. The quantitative estimate of drug-likeness (QED) is 0.103. The van der Waals surface area contributed by atoms with Gasteiger partial charge in [0, 0.05) is 6.61 Å². The topological polar surface area (TPSA) is 9.23 Å². The number of unbranched alkanes of at least 4 members (excludes halogenated alkanes) is 15. The normalized spacial score (nSPS) is 13.6. The van der Waals surface area contributed by atoms with E-state index >= 15 is 0 Å². The summed E-state index contributed by atoms with van der Waals surface area (Å²) in [7, 11) is 4.47. The second-order valence-corrected chi connectivity index (χ2v) is 11.2. The summed E-state index contributed by atoms with van der Waals surface area (Å²) in [6, 6.07) is 0. The van der Waals surface area contributed by atoms with E-state index in [9.17, 15) is 0 Å². The van der Waals surface area contributed by atoms with Gasteiger partial charge in [-0.15, -0.1) is 0 Å². The van der Waals surface area contributed by atoms with Gasteiger partial charge < -0.3 is 8.91 Å². The smallest absolute Gasteiger partial charge is 0.225 e. The van der Waals surface area contributed by atoms with Gasteiger partial charge in [0.2, 0.25) is 9.76 Å². The molecular weight excluding hydrogens is 358 g/mol. The Kier molecular flexibility index (Phi) is 20.5. The zero-order valence-corrected chi connectivity index (χ0v) is 22.0. The van der Waals surface area contributed by atoms with E-state index in [1.165, 1.54) is 120 Å². The summed E-state index contributed by atoms with van der Waals surface area (Å²) in [4.78, 5) is 0. The second-order valence-electron chi connectivity index (χ2n) is 9.53. The summed E-state index contributed by atoms with van der Waals surface area (Å²) in [5, 5.41) is 0. The zero-order chi connectivity index (χ0) is 20.9. The first-order valence-electron chi connectivity index (χ1n) is 13.0. The fourth-order valence-electron chi connectivity index (χ4n) is 4.32. The van der Waals surface area contributed by atoms with E-state index in [0.717, 1.165) is 12.3 Å². The first kappa shape index (κ1) is 28.1. The molecular formula is C25H56NOSi+. The summed E-state index contributed by atoms with van der Waals surface area (Å²) in [6.07, 6.45) is 24.5. The van der Waals surface area contributed by atoms with E-state index in [1.807, 2.05) is 0 Å². The molecule has 0 saturated heterocycles.